The summed E-state index contributed by atoms with van der Waals surface area (Å²) in [4.78, 5) is 2.12. The number of hydrogen-bond donors (Lipinski definition) is 0. The summed E-state index contributed by atoms with van der Waals surface area (Å²) in [6.07, 6.45) is 7.27. The van der Waals surface area contributed by atoms with Gasteiger partial charge in [-0.3, -0.25) is 0 Å². The first kappa shape index (κ1) is 22.2. The van der Waals surface area contributed by atoms with Crippen LogP contribution in [0.5, 0.6) is 0 Å². The minimum Gasteiger partial charge on any atom is -0.369 e. The maximum absolute atomic E-state index is 15.1. The van der Waals surface area contributed by atoms with E-state index in [4.69, 9.17) is 0 Å². The van der Waals surface area contributed by atoms with Crippen molar-refractivity contribution in [1.29, 1.82) is 0 Å². The van der Waals surface area contributed by atoms with Crippen LogP contribution >= 0.6 is 0 Å². The highest BCUT2D eigenvalue weighted by atomic mass is 32.2. The van der Waals surface area contributed by atoms with Crippen molar-refractivity contribution in [3.63, 3.8) is 0 Å². The first-order chi connectivity index (χ1) is 16.1. The Morgan fingerprint density at radius 1 is 1.00 bits per heavy atom. The van der Waals surface area contributed by atoms with Crippen LogP contribution < -0.4 is 4.90 Å². The molecule has 0 N–H and O–H groups in total. The van der Waals surface area contributed by atoms with E-state index >= 15 is 4.39 Å². The molecule has 2 aromatic carbocycles. The Balaban J connectivity index is 1.26. The van der Waals surface area contributed by atoms with Crippen molar-refractivity contribution in [2.24, 2.45) is 0 Å². The van der Waals surface area contributed by atoms with Crippen LogP contribution in [0.15, 0.2) is 61.2 Å². The minimum atomic E-state index is -1.14. The molecule has 0 aliphatic carbocycles. The third-order valence-corrected chi connectivity index (χ3v) is 8.94. The number of nitrogens with zero attached hydrogens (tertiary/aromatic N) is 5. The zero-order chi connectivity index (χ0) is 22.8. The highest BCUT2D eigenvalue weighted by Gasteiger charge is 2.33. The molecular formula is C25H30FN5OS. The predicted molar refractivity (Wildman–Crippen MR) is 128 cm³/mol. The van der Waals surface area contributed by atoms with Crippen LogP contribution in [-0.4, -0.2) is 42.4 Å². The first-order valence-electron chi connectivity index (χ1n) is 11.7. The van der Waals surface area contributed by atoms with Gasteiger partial charge >= 0.3 is 0 Å². The molecule has 6 nitrogen and oxygen atoms in total. The van der Waals surface area contributed by atoms with Gasteiger partial charge in [-0.2, -0.15) is 0 Å². The van der Waals surface area contributed by atoms with Gasteiger partial charge < -0.3 is 9.47 Å². The molecule has 0 bridgehead atoms. The summed E-state index contributed by atoms with van der Waals surface area (Å²) >= 11 is 0. The number of aromatic nitrogens is 3. The molecule has 1 aromatic heterocycles. The van der Waals surface area contributed by atoms with Crippen LogP contribution in [0.25, 0.3) is 0 Å². The molecule has 0 spiro atoms. The summed E-state index contributed by atoms with van der Waals surface area (Å²) < 4.78 is 32.6. The van der Waals surface area contributed by atoms with E-state index in [0.29, 0.717) is 18.3 Å². The van der Waals surface area contributed by atoms with Gasteiger partial charge in [0.05, 0.1) is 10.9 Å². The lowest BCUT2D eigenvalue weighted by Gasteiger charge is -2.37. The molecular weight excluding hydrogens is 437 g/mol. The second kappa shape index (κ2) is 9.73. The van der Waals surface area contributed by atoms with E-state index in [2.05, 4.69) is 34.2 Å². The normalized spacial score (nSPS) is 24.8. The number of hydrogen-bond acceptors (Lipinski definition) is 4. The molecule has 8 heteroatoms. The maximum Gasteiger partial charge on any atom is 0.146 e. The molecule has 3 atom stereocenters. The largest absolute Gasteiger partial charge is 0.369 e. The van der Waals surface area contributed by atoms with Gasteiger partial charge in [0.2, 0.25) is 0 Å². The number of rotatable bonds is 5. The van der Waals surface area contributed by atoms with Crippen molar-refractivity contribution < 1.29 is 8.60 Å². The molecule has 0 radical (unpaired) electrons. The van der Waals surface area contributed by atoms with E-state index in [-0.39, 0.29) is 17.1 Å². The first-order valence-corrected chi connectivity index (χ1v) is 12.9. The van der Waals surface area contributed by atoms with E-state index in [1.807, 2.05) is 39.2 Å². The van der Waals surface area contributed by atoms with Crippen molar-refractivity contribution in [2.75, 3.05) is 18.0 Å². The number of halogens is 1. The van der Waals surface area contributed by atoms with Gasteiger partial charge in [0.15, 0.2) is 0 Å². The van der Waals surface area contributed by atoms with Crippen LogP contribution in [-0.2, 0) is 17.5 Å². The molecule has 2 aliphatic heterocycles. The molecule has 3 heterocycles. The highest BCUT2D eigenvalue weighted by Crippen LogP contribution is 2.36. The Labute approximate surface area is 197 Å². The zero-order valence-corrected chi connectivity index (χ0v) is 19.7. The maximum atomic E-state index is 15.1. The van der Waals surface area contributed by atoms with E-state index in [1.54, 1.807) is 18.7 Å². The van der Waals surface area contributed by atoms with Crippen molar-refractivity contribution in [2.45, 2.75) is 56.5 Å². The number of piperidine rings is 1. The van der Waals surface area contributed by atoms with Gasteiger partial charge in [0.25, 0.3) is 0 Å². The topological polar surface area (TPSA) is 54.3 Å². The fourth-order valence-electron chi connectivity index (χ4n) is 5.04. The molecule has 1 unspecified atom stereocenters. The smallest absolute Gasteiger partial charge is 0.146 e. The lowest BCUT2D eigenvalue weighted by atomic mass is 10.0. The van der Waals surface area contributed by atoms with Crippen LogP contribution in [0, 0.1) is 5.82 Å². The second-order valence-corrected chi connectivity index (χ2v) is 10.7. The Kier molecular flexibility index (Phi) is 6.55. The summed E-state index contributed by atoms with van der Waals surface area (Å²) in [6.45, 7) is 4.20. The fraction of sp³-hybridized carbons (Fsp3) is 0.440. The average Bonchev–Trinajstić information content (AvgIpc) is 3.38. The number of benzene rings is 2. The lowest BCUT2D eigenvalue weighted by molar-refractivity contribution is 0.302. The molecule has 2 saturated heterocycles. The van der Waals surface area contributed by atoms with Crippen LogP contribution in [0.3, 0.4) is 0 Å². The van der Waals surface area contributed by atoms with E-state index < -0.39 is 11.0 Å². The van der Waals surface area contributed by atoms with Crippen LogP contribution in [0.4, 0.5) is 10.1 Å². The van der Waals surface area contributed by atoms with Gasteiger partial charge in [-0.05, 0) is 55.9 Å². The average molecular weight is 468 g/mol. The molecule has 2 fully saturated rings. The van der Waals surface area contributed by atoms with Gasteiger partial charge in [-0.15, -0.1) is 10.2 Å². The Morgan fingerprint density at radius 3 is 2.42 bits per heavy atom. The molecule has 3 aromatic rings. The Hall–Kier alpha value is -2.58. The molecule has 33 heavy (non-hydrogen) atoms. The third-order valence-electron chi connectivity index (χ3n) is 7.00. The lowest BCUT2D eigenvalue weighted by Crippen LogP contribution is -2.41. The Bertz CT molecular complexity index is 1090. The van der Waals surface area contributed by atoms with Crippen molar-refractivity contribution in [3.05, 3.63) is 78.1 Å². The summed E-state index contributed by atoms with van der Waals surface area (Å²) in [7, 11) is -1.14. The van der Waals surface area contributed by atoms with Crippen molar-refractivity contribution in [3.8, 4) is 0 Å². The molecule has 0 saturated carbocycles. The van der Waals surface area contributed by atoms with Crippen LogP contribution in [0.2, 0.25) is 0 Å². The minimum absolute atomic E-state index is 0.00138. The van der Waals surface area contributed by atoms with E-state index in [1.165, 1.54) is 0 Å². The van der Waals surface area contributed by atoms with Crippen LogP contribution in [0.1, 0.15) is 55.0 Å². The van der Waals surface area contributed by atoms with Crippen molar-refractivity contribution in [1.82, 2.24) is 19.1 Å². The standard InChI is InChI=1S/C25H30FN5OS/c1-19-7-10-25(21-5-3-2-4-6-21)33(32)31(19)16-20-8-9-24(23(26)15-20)29-13-11-22(12-14-29)30-17-27-28-18-30/h2-6,8-9,15,17-19,22,25H,7,10-14,16H2,1H3/t19-,25+,33?/m0/s1. The Morgan fingerprint density at radius 2 is 1.73 bits per heavy atom. The summed E-state index contributed by atoms with van der Waals surface area (Å²) in [5.74, 6) is -0.203. The quantitative estimate of drug-likeness (QED) is 0.548. The number of anilines is 1. The van der Waals surface area contributed by atoms with Crippen molar-refractivity contribution >= 4 is 16.7 Å². The highest BCUT2D eigenvalue weighted by molar-refractivity contribution is 7.83. The van der Waals surface area contributed by atoms with Gasteiger partial charge in [0, 0.05) is 31.7 Å². The molecule has 2 aliphatic rings. The summed E-state index contributed by atoms with van der Waals surface area (Å²) in [6, 6.07) is 16.1. The monoisotopic (exact) mass is 467 g/mol. The van der Waals surface area contributed by atoms with Gasteiger partial charge in [0.1, 0.15) is 29.5 Å². The molecule has 5 rings (SSSR count). The van der Waals surface area contributed by atoms with E-state index in [0.717, 1.165) is 49.9 Å². The predicted octanol–water partition coefficient (Wildman–Crippen LogP) is 4.65. The third kappa shape index (κ3) is 4.73. The van der Waals surface area contributed by atoms with Gasteiger partial charge in [-0.25, -0.2) is 12.9 Å². The molecule has 174 valence electrons. The summed E-state index contributed by atoms with van der Waals surface area (Å²) in [5.41, 5.74) is 2.63. The zero-order valence-electron chi connectivity index (χ0n) is 18.9. The summed E-state index contributed by atoms with van der Waals surface area (Å²) in [5, 5.41) is 7.78. The molecule has 0 amide bonds. The fourth-order valence-corrected chi connectivity index (χ4v) is 6.83. The SMILES string of the molecule is C[C@H]1CC[C@H](c2ccccc2)S(=O)N1Cc1ccc(N2CCC(n3cnnc3)CC2)c(F)c1. The second-order valence-electron chi connectivity index (χ2n) is 9.09. The van der Waals surface area contributed by atoms with E-state index in [9.17, 15) is 4.21 Å². The van der Waals surface area contributed by atoms with Gasteiger partial charge in [-0.1, -0.05) is 36.4 Å².